The van der Waals surface area contributed by atoms with Gasteiger partial charge in [-0.3, -0.25) is 9.69 Å². The highest BCUT2D eigenvalue weighted by Gasteiger charge is 2.50. The second kappa shape index (κ2) is 4.00. The first-order valence-electron chi connectivity index (χ1n) is 6.86. The number of carbonyl (C=O) groups is 2. The molecule has 2 saturated heterocycles. The van der Waals surface area contributed by atoms with Gasteiger partial charge in [0.05, 0.1) is 0 Å². The smallest absolute Gasteiger partial charge is 0.312 e. The first-order chi connectivity index (χ1) is 8.22. The molecule has 2 unspecified atom stereocenters. The molecule has 0 aromatic heterocycles. The van der Waals surface area contributed by atoms with Crippen LogP contribution in [-0.4, -0.2) is 40.4 Å². The van der Waals surface area contributed by atoms with Gasteiger partial charge in [-0.25, -0.2) is 4.79 Å². The van der Waals surface area contributed by atoms with Crippen molar-refractivity contribution >= 4 is 11.9 Å². The van der Waals surface area contributed by atoms with Crippen LogP contribution in [0.4, 0.5) is 4.79 Å². The van der Waals surface area contributed by atoms with Crippen LogP contribution >= 0.6 is 0 Å². The zero-order chi connectivity index (χ0) is 12.0. The molecule has 3 rings (SSSR count). The Hall–Kier alpha value is -1.06. The molecule has 0 aromatic rings. The van der Waals surface area contributed by atoms with Gasteiger partial charge in [0.25, 0.3) is 5.91 Å². The van der Waals surface area contributed by atoms with E-state index in [4.69, 9.17) is 0 Å². The van der Waals surface area contributed by atoms with Crippen molar-refractivity contribution in [3.63, 3.8) is 0 Å². The fourth-order valence-corrected chi connectivity index (χ4v) is 3.25. The van der Waals surface area contributed by atoms with Crippen LogP contribution < -0.4 is 0 Å². The van der Waals surface area contributed by atoms with Crippen molar-refractivity contribution in [3.8, 4) is 0 Å². The summed E-state index contributed by atoms with van der Waals surface area (Å²) in [4.78, 5) is 27.9. The van der Waals surface area contributed by atoms with E-state index in [-0.39, 0.29) is 24.0 Å². The molecule has 0 aromatic carbocycles. The van der Waals surface area contributed by atoms with Crippen molar-refractivity contribution < 1.29 is 9.59 Å². The number of piperidine rings is 1. The topological polar surface area (TPSA) is 40.6 Å². The molecule has 2 aliphatic heterocycles. The van der Waals surface area contributed by atoms with Crippen LogP contribution in [0.3, 0.4) is 0 Å². The number of nitrogens with zero attached hydrogens (tertiary/aromatic N) is 2. The average Bonchev–Trinajstić information content (AvgIpc) is 2.52. The SMILES string of the molecule is CCC1CCN2C(=O)N(C3CCC3)C(=O)C2C1. The van der Waals surface area contributed by atoms with Gasteiger partial charge >= 0.3 is 6.03 Å². The molecular formula is C13H20N2O2. The van der Waals surface area contributed by atoms with Crippen LogP contribution in [0.15, 0.2) is 0 Å². The Bertz CT molecular complexity index is 351. The summed E-state index contributed by atoms with van der Waals surface area (Å²) in [5, 5.41) is 0. The first-order valence-corrected chi connectivity index (χ1v) is 6.86. The van der Waals surface area contributed by atoms with Crippen LogP contribution in [0, 0.1) is 5.92 Å². The monoisotopic (exact) mass is 236 g/mol. The maximum Gasteiger partial charge on any atom is 0.327 e. The van der Waals surface area contributed by atoms with E-state index in [1.54, 1.807) is 4.90 Å². The molecule has 4 heteroatoms. The Morgan fingerprint density at radius 3 is 2.59 bits per heavy atom. The summed E-state index contributed by atoms with van der Waals surface area (Å²) in [6.07, 6.45) is 6.23. The van der Waals surface area contributed by atoms with E-state index in [2.05, 4.69) is 6.92 Å². The molecule has 2 atom stereocenters. The quantitative estimate of drug-likeness (QED) is 0.688. The third-order valence-corrected chi connectivity index (χ3v) is 4.70. The van der Waals surface area contributed by atoms with E-state index in [1.165, 1.54) is 0 Å². The number of amides is 3. The standard InChI is InChI=1S/C13H20N2O2/c1-2-9-6-7-14-11(8-9)12(16)15(13(14)17)10-4-3-5-10/h9-11H,2-8H2,1H3. The van der Waals surface area contributed by atoms with Gasteiger partial charge in [0.2, 0.25) is 0 Å². The number of imide groups is 1. The van der Waals surface area contributed by atoms with Gasteiger partial charge in [-0.15, -0.1) is 0 Å². The van der Waals surface area contributed by atoms with Gasteiger partial charge < -0.3 is 4.90 Å². The Morgan fingerprint density at radius 1 is 1.24 bits per heavy atom. The van der Waals surface area contributed by atoms with Crippen molar-refractivity contribution in [2.24, 2.45) is 5.92 Å². The molecule has 3 aliphatic rings. The molecule has 0 spiro atoms. The van der Waals surface area contributed by atoms with Crippen molar-refractivity contribution in [2.75, 3.05) is 6.54 Å². The number of hydrogen-bond acceptors (Lipinski definition) is 2. The summed E-state index contributed by atoms with van der Waals surface area (Å²) >= 11 is 0. The van der Waals surface area contributed by atoms with Gasteiger partial charge in [0.15, 0.2) is 0 Å². The molecule has 0 radical (unpaired) electrons. The van der Waals surface area contributed by atoms with E-state index < -0.39 is 0 Å². The Morgan fingerprint density at radius 2 is 2.00 bits per heavy atom. The highest BCUT2D eigenvalue weighted by molar-refractivity contribution is 6.04. The minimum atomic E-state index is -0.137. The second-order valence-corrected chi connectivity index (χ2v) is 5.58. The lowest BCUT2D eigenvalue weighted by Gasteiger charge is -2.33. The molecule has 2 heterocycles. The summed E-state index contributed by atoms with van der Waals surface area (Å²) < 4.78 is 0. The summed E-state index contributed by atoms with van der Waals surface area (Å²) in [7, 11) is 0. The third kappa shape index (κ3) is 1.57. The molecule has 3 amide bonds. The summed E-state index contributed by atoms with van der Waals surface area (Å²) in [6, 6.07) is 0.0572. The van der Waals surface area contributed by atoms with Crippen molar-refractivity contribution in [1.82, 2.24) is 9.80 Å². The Labute approximate surface area is 102 Å². The van der Waals surface area contributed by atoms with Crippen LogP contribution in [0.5, 0.6) is 0 Å². The molecule has 3 fully saturated rings. The second-order valence-electron chi connectivity index (χ2n) is 5.58. The van der Waals surface area contributed by atoms with E-state index >= 15 is 0 Å². The van der Waals surface area contributed by atoms with Crippen LogP contribution in [0.2, 0.25) is 0 Å². The lowest BCUT2D eigenvalue weighted by atomic mass is 9.88. The summed E-state index contributed by atoms with van der Waals surface area (Å²) in [5.74, 6) is 0.701. The number of fused-ring (bicyclic) bond motifs is 1. The number of carbonyl (C=O) groups excluding carboxylic acids is 2. The van der Waals surface area contributed by atoms with E-state index in [1.807, 2.05) is 4.90 Å². The zero-order valence-electron chi connectivity index (χ0n) is 10.4. The predicted octanol–water partition coefficient (Wildman–Crippen LogP) is 1.99. The van der Waals surface area contributed by atoms with Crippen molar-refractivity contribution in [3.05, 3.63) is 0 Å². The van der Waals surface area contributed by atoms with Crippen LogP contribution in [0.1, 0.15) is 45.4 Å². The van der Waals surface area contributed by atoms with Gasteiger partial charge in [-0.05, 0) is 38.0 Å². The van der Waals surface area contributed by atoms with Crippen LogP contribution in [0.25, 0.3) is 0 Å². The summed E-state index contributed by atoms with van der Waals surface area (Å²) in [5.41, 5.74) is 0. The fourth-order valence-electron chi connectivity index (χ4n) is 3.25. The van der Waals surface area contributed by atoms with E-state index in [0.29, 0.717) is 5.92 Å². The lowest BCUT2D eigenvalue weighted by Crippen LogP contribution is -2.45. The molecule has 1 aliphatic carbocycles. The van der Waals surface area contributed by atoms with Gasteiger partial charge in [-0.2, -0.15) is 0 Å². The molecule has 0 bridgehead atoms. The molecule has 94 valence electrons. The number of urea groups is 1. The minimum absolute atomic E-state index is 0.0146. The molecule has 4 nitrogen and oxygen atoms in total. The van der Waals surface area contributed by atoms with Crippen LogP contribution in [-0.2, 0) is 4.79 Å². The van der Waals surface area contributed by atoms with Gasteiger partial charge in [0, 0.05) is 12.6 Å². The third-order valence-electron chi connectivity index (χ3n) is 4.70. The Balaban J connectivity index is 1.79. The maximum atomic E-state index is 12.3. The Kier molecular flexibility index (Phi) is 2.60. The maximum absolute atomic E-state index is 12.3. The highest BCUT2D eigenvalue weighted by atomic mass is 16.2. The molecule has 17 heavy (non-hydrogen) atoms. The first kappa shape index (κ1) is 11.1. The zero-order valence-corrected chi connectivity index (χ0v) is 10.4. The largest absolute Gasteiger partial charge is 0.327 e. The molecular weight excluding hydrogens is 216 g/mol. The fraction of sp³-hybridized carbons (Fsp3) is 0.846. The number of hydrogen-bond donors (Lipinski definition) is 0. The average molecular weight is 236 g/mol. The highest BCUT2D eigenvalue weighted by Crippen LogP contribution is 2.36. The van der Waals surface area contributed by atoms with Gasteiger partial charge in [0.1, 0.15) is 6.04 Å². The summed E-state index contributed by atoms with van der Waals surface area (Å²) in [6.45, 7) is 2.95. The van der Waals surface area contributed by atoms with Crippen molar-refractivity contribution in [1.29, 1.82) is 0 Å². The van der Waals surface area contributed by atoms with E-state index in [0.717, 1.165) is 45.1 Å². The predicted molar refractivity (Wildman–Crippen MR) is 63.4 cm³/mol. The molecule has 1 saturated carbocycles. The van der Waals surface area contributed by atoms with Crippen molar-refractivity contribution in [2.45, 2.75) is 57.5 Å². The van der Waals surface area contributed by atoms with E-state index in [9.17, 15) is 9.59 Å². The molecule has 0 N–H and O–H groups in total. The van der Waals surface area contributed by atoms with Gasteiger partial charge in [-0.1, -0.05) is 13.3 Å². The minimum Gasteiger partial charge on any atom is -0.312 e. The number of rotatable bonds is 2. The lowest BCUT2D eigenvalue weighted by molar-refractivity contribution is -0.131. The normalized spacial score (nSPS) is 33.9.